The van der Waals surface area contributed by atoms with Gasteiger partial charge in [-0.05, 0) is 25.5 Å². The van der Waals surface area contributed by atoms with Crippen molar-refractivity contribution in [1.82, 2.24) is 4.98 Å². The normalized spacial score (nSPS) is 22.4. The van der Waals surface area contributed by atoms with Crippen LogP contribution in [0.5, 0.6) is 0 Å². The van der Waals surface area contributed by atoms with Gasteiger partial charge in [0.2, 0.25) is 0 Å². The van der Waals surface area contributed by atoms with Gasteiger partial charge in [0.25, 0.3) is 0 Å². The number of hydrogen-bond donors (Lipinski definition) is 1. The molecule has 1 aromatic rings. The average molecular weight is 221 g/mol. The van der Waals surface area contributed by atoms with Crippen LogP contribution in [-0.2, 0) is 4.74 Å². The van der Waals surface area contributed by atoms with Crippen molar-refractivity contribution < 1.29 is 4.74 Å². The molecular formula is C12H19N3O. The summed E-state index contributed by atoms with van der Waals surface area (Å²) in [6.07, 6.45) is 3.34. The lowest BCUT2D eigenvalue weighted by Crippen LogP contribution is -2.22. The van der Waals surface area contributed by atoms with Gasteiger partial charge >= 0.3 is 0 Å². The minimum Gasteiger partial charge on any atom is -0.380 e. The first-order chi connectivity index (χ1) is 7.70. The number of hydrogen-bond acceptors (Lipinski definition) is 4. The van der Waals surface area contributed by atoms with Gasteiger partial charge in [-0.2, -0.15) is 0 Å². The second-order valence-electron chi connectivity index (χ2n) is 4.32. The highest BCUT2D eigenvalue weighted by molar-refractivity contribution is 5.46. The highest BCUT2D eigenvalue weighted by atomic mass is 16.5. The lowest BCUT2D eigenvalue weighted by Gasteiger charge is -2.18. The van der Waals surface area contributed by atoms with Crippen LogP contribution in [0.25, 0.3) is 0 Å². The molecule has 2 atom stereocenters. The van der Waals surface area contributed by atoms with Gasteiger partial charge < -0.3 is 15.4 Å². The Labute approximate surface area is 96.4 Å². The van der Waals surface area contributed by atoms with E-state index in [-0.39, 0.29) is 6.04 Å². The molecule has 2 N–H and O–H groups in total. The lowest BCUT2D eigenvalue weighted by atomic mass is 10.2. The third kappa shape index (κ3) is 2.33. The molecule has 1 aromatic heterocycles. The van der Waals surface area contributed by atoms with Crippen molar-refractivity contribution >= 4 is 5.69 Å². The van der Waals surface area contributed by atoms with Gasteiger partial charge in [0.15, 0.2) is 0 Å². The van der Waals surface area contributed by atoms with E-state index in [9.17, 15) is 0 Å². The Bertz CT molecular complexity index is 337. The fraction of sp³-hybridized carbons (Fsp3) is 0.583. The van der Waals surface area contributed by atoms with Crippen LogP contribution in [0.4, 0.5) is 5.69 Å². The molecule has 0 amide bonds. The molecule has 0 aromatic carbocycles. The Kier molecular flexibility index (Phi) is 3.41. The summed E-state index contributed by atoms with van der Waals surface area (Å²) in [6, 6.07) is 4.09. The summed E-state index contributed by atoms with van der Waals surface area (Å²) >= 11 is 0. The molecule has 2 rings (SSSR count). The molecular weight excluding hydrogens is 202 g/mol. The van der Waals surface area contributed by atoms with Gasteiger partial charge in [0.05, 0.1) is 23.7 Å². The van der Waals surface area contributed by atoms with Gasteiger partial charge in [-0.1, -0.05) is 0 Å². The second kappa shape index (κ2) is 4.80. The molecule has 1 aliphatic heterocycles. The summed E-state index contributed by atoms with van der Waals surface area (Å²) in [4.78, 5) is 6.66. The number of anilines is 1. The Morgan fingerprint density at radius 3 is 2.88 bits per heavy atom. The number of rotatable bonds is 3. The first-order valence-corrected chi connectivity index (χ1v) is 5.70. The molecule has 88 valence electrons. The number of pyridine rings is 1. The highest BCUT2D eigenvalue weighted by Crippen LogP contribution is 2.21. The summed E-state index contributed by atoms with van der Waals surface area (Å²) in [6.45, 7) is 3.94. The summed E-state index contributed by atoms with van der Waals surface area (Å²) in [5.74, 6) is 0. The van der Waals surface area contributed by atoms with E-state index in [4.69, 9.17) is 10.5 Å². The first-order valence-electron chi connectivity index (χ1n) is 5.70. The van der Waals surface area contributed by atoms with E-state index in [1.54, 1.807) is 7.11 Å². The third-order valence-electron chi connectivity index (χ3n) is 3.08. The van der Waals surface area contributed by atoms with Crippen molar-refractivity contribution in [3.63, 3.8) is 0 Å². The third-order valence-corrected chi connectivity index (χ3v) is 3.08. The summed E-state index contributed by atoms with van der Waals surface area (Å²) in [5, 5.41) is 0. The largest absolute Gasteiger partial charge is 0.380 e. The molecule has 1 aliphatic rings. The Hall–Kier alpha value is -1.13. The van der Waals surface area contributed by atoms with E-state index in [0.717, 1.165) is 30.9 Å². The van der Waals surface area contributed by atoms with E-state index in [1.165, 1.54) is 0 Å². The molecule has 0 bridgehead atoms. The molecule has 1 fully saturated rings. The van der Waals surface area contributed by atoms with E-state index < -0.39 is 0 Å². The zero-order chi connectivity index (χ0) is 11.5. The van der Waals surface area contributed by atoms with Crippen LogP contribution in [0.15, 0.2) is 18.3 Å². The van der Waals surface area contributed by atoms with Gasteiger partial charge in [-0.25, -0.2) is 0 Å². The Morgan fingerprint density at radius 1 is 1.56 bits per heavy atom. The number of methoxy groups -OCH3 is 1. The number of nitrogens with zero attached hydrogens (tertiary/aromatic N) is 2. The van der Waals surface area contributed by atoms with Crippen LogP contribution in [0.3, 0.4) is 0 Å². The molecule has 0 spiro atoms. The minimum absolute atomic E-state index is 0.000600. The van der Waals surface area contributed by atoms with Gasteiger partial charge in [-0.3, -0.25) is 4.98 Å². The standard InChI is InChI=1S/C12H19N3O/c1-9(13)12-4-3-10(7-14-12)15-6-5-11(8-15)16-2/h3-4,7,9,11H,5-6,8,13H2,1-2H3. The molecule has 0 radical (unpaired) electrons. The van der Waals surface area contributed by atoms with Crippen LogP contribution in [-0.4, -0.2) is 31.3 Å². The molecule has 2 unspecified atom stereocenters. The van der Waals surface area contributed by atoms with E-state index in [0.29, 0.717) is 6.10 Å². The molecule has 0 saturated carbocycles. The van der Waals surface area contributed by atoms with Crippen molar-refractivity contribution in [2.45, 2.75) is 25.5 Å². The van der Waals surface area contributed by atoms with Gasteiger partial charge in [0.1, 0.15) is 0 Å². The van der Waals surface area contributed by atoms with Crippen molar-refractivity contribution in [2.24, 2.45) is 5.73 Å². The molecule has 4 heteroatoms. The van der Waals surface area contributed by atoms with E-state index in [1.807, 2.05) is 19.2 Å². The summed E-state index contributed by atoms with van der Waals surface area (Å²) in [5.41, 5.74) is 7.86. The van der Waals surface area contributed by atoms with E-state index >= 15 is 0 Å². The smallest absolute Gasteiger partial charge is 0.0762 e. The quantitative estimate of drug-likeness (QED) is 0.836. The van der Waals surface area contributed by atoms with Gasteiger partial charge in [-0.15, -0.1) is 0 Å². The fourth-order valence-corrected chi connectivity index (χ4v) is 2.01. The molecule has 4 nitrogen and oxygen atoms in total. The highest BCUT2D eigenvalue weighted by Gasteiger charge is 2.22. The Morgan fingerprint density at radius 2 is 2.38 bits per heavy atom. The maximum Gasteiger partial charge on any atom is 0.0762 e. The van der Waals surface area contributed by atoms with Gasteiger partial charge in [0, 0.05) is 26.2 Å². The van der Waals surface area contributed by atoms with Crippen LogP contribution in [0.2, 0.25) is 0 Å². The maximum atomic E-state index is 5.76. The molecule has 1 saturated heterocycles. The van der Waals surface area contributed by atoms with E-state index in [2.05, 4.69) is 16.0 Å². The first kappa shape index (κ1) is 11.4. The zero-order valence-corrected chi connectivity index (χ0v) is 9.89. The topological polar surface area (TPSA) is 51.4 Å². The van der Waals surface area contributed by atoms with Crippen LogP contribution >= 0.6 is 0 Å². The number of ether oxygens (including phenoxy) is 1. The van der Waals surface area contributed by atoms with Crippen molar-refractivity contribution in [3.8, 4) is 0 Å². The molecule has 16 heavy (non-hydrogen) atoms. The second-order valence-corrected chi connectivity index (χ2v) is 4.32. The maximum absolute atomic E-state index is 5.76. The fourth-order valence-electron chi connectivity index (χ4n) is 2.01. The predicted molar refractivity (Wildman–Crippen MR) is 64.5 cm³/mol. The monoisotopic (exact) mass is 221 g/mol. The van der Waals surface area contributed by atoms with Crippen LogP contribution < -0.4 is 10.6 Å². The van der Waals surface area contributed by atoms with Crippen molar-refractivity contribution in [2.75, 3.05) is 25.1 Å². The molecule has 2 heterocycles. The summed E-state index contributed by atoms with van der Waals surface area (Å²) < 4.78 is 5.34. The lowest BCUT2D eigenvalue weighted by molar-refractivity contribution is 0.121. The molecule has 0 aliphatic carbocycles. The van der Waals surface area contributed by atoms with Crippen LogP contribution in [0.1, 0.15) is 25.1 Å². The average Bonchev–Trinajstić information content (AvgIpc) is 2.77. The summed E-state index contributed by atoms with van der Waals surface area (Å²) in [7, 11) is 1.77. The SMILES string of the molecule is COC1CCN(c2ccc(C(C)N)nc2)C1. The zero-order valence-electron chi connectivity index (χ0n) is 9.89. The number of aromatic nitrogens is 1. The van der Waals surface area contributed by atoms with Crippen molar-refractivity contribution in [3.05, 3.63) is 24.0 Å². The van der Waals surface area contributed by atoms with Crippen molar-refractivity contribution in [1.29, 1.82) is 0 Å². The predicted octanol–water partition coefficient (Wildman–Crippen LogP) is 1.33. The van der Waals surface area contributed by atoms with Crippen LogP contribution in [0, 0.1) is 0 Å². The Balaban J connectivity index is 2.05. The minimum atomic E-state index is -0.000600. The number of nitrogens with two attached hydrogens (primary N) is 1.